The fourth-order valence-corrected chi connectivity index (χ4v) is 2.44. The second-order valence-electron chi connectivity index (χ2n) is 5.93. The molecule has 0 radical (unpaired) electrons. The van der Waals surface area contributed by atoms with Gasteiger partial charge in [-0.2, -0.15) is 0 Å². The first-order chi connectivity index (χ1) is 11.4. The Morgan fingerprint density at radius 2 is 1.79 bits per heavy atom. The van der Waals surface area contributed by atoms with Gasteiger partial charge in [0.05, 0.1) is 0 Å². The van der Waals surface area contributed by atoms with Gasteiger partial charge in [-0.05, 0) is 44.0 Å². The van der Waals surface area contributed by atoms with Crippen molar-refractivity contribution in [3.63, 3.8) is 0 Å². The number of anilines is 1. The van der Waals surface area contributed by atoms with Crippen LogP contribution in [0.4, 0.5) is 5.69 Å². The minimum atomic E-state index is -0.667. The van der Waals surface area contributed by atoms with Crippen LogP contribution in [0.5, 0.6) is 0 Å². The minimum absolute atomic E-state index is 0.0925. The second-order valence-corrected chi connectivity index (χ2v) is 6.34. The molecule has 0 fully saturated rings. The van der Waals surface area contributed by atoms with Crippen LogP contribution in [0, 0.1) is 6.92 Å². The highest BCUT2D eigenvalue weighted by molar-refractivity contribution is 6.39. The van der Waals surface area contributed by atoms with E-state index in [1.54, 1.807) is 23.1 Å². The van der Waals surface area contributed by atoms with E-state index in [0.29, 0.717) is 17.3 Å². The number of nitrogens with zero attached hydrogens (tertiary/aromatic N) is 1. The van der Waals surface area contributed by atoms with Crippen LogP contribution >= 0.6 is 11.6 Å². The van der Waals surface area contributed by atoms with Crippen molar-refractivity contribution >= 4 is 29.1 Å². The Kier molecular flexibility index (Phi) is 5.99. The van der Waals surface area contributed by atoms with Gasteiger partial charge in [-0.25, -0.2) is 0 Å². The second kappa shape index (κ2) is 7.97. The molecule has 0 aliphatic heterocycles. The van der Waals surface area contributed by atoms with Gasteiger partial charge in [0.15, 0.2) is 0 Å². The number of carbonyl (C=O) groups is 2. The third-order valence-corrected chi connectivity index (χ3v) is 4.11. The van der Waals surface area contributed by atoms with Crippen molar-refractivity contribution in [2.24, 2.45) is 0 Å². The number of benzene rings is 2. The minimum Gasteiger partial charge on any atom is -0.328 e. The highest BCUT2D eigenvalue weighted by atomic mass is 35.5. The van der Waals surface area contributed by atoms with Crippen LogP contribution in [0.15, 0.2) is 48.5 Å². The maximum Gasteiger partial charge on any atom is 0.313 e. The first kappa shape index (κ1) is 18.0. The summed E-state index contributed by atoms with van der Waals surface area (Å²) in [7, 11) is 0. The van der Waals surface area contributed by atoms with Crippen molar-refractivity contribution in [1.29, 1.82) is 0 Å². The smallest absolute Gasteiger partial charge is 0.313 e. The van der Waals surface area contributed by atoms with Crippen LogP contribution < -0.4 is 5.32 Å². The normalized spacial score (nSPS) is 10.5. The maximum atomic E-state index is 12.5. The van der Waals surface area contributed by atoms with Crippen molar-refractivity contribution in [1.82, 2.24) is 4.90 Å². The third kappa shape index (κ3) is 4.59. The summed E-state index contributed by atoms with van der Waals surface area (Å²) in [5, 5.41) is 3.16. The van der Waals surface area contributed by atoms with E-state index in [0.717, 1.165) is 11.1 Å². The lowest BCUT2D eigenvalue weighted by molar-refractivity contribution is -0.144. The van der Waals surface area contributed by atoms with E-state index in [9.17, 15) is 9.59 Å². The van der Waals surface area contributed by atoms with Crippen LogP contribution in [0.3, 0.4) is 0 Å². The van der Waals surface area contributed by atoms with Crippen LogP contribution in [-0.2, 0) is 16.1 Å². The summed E-state index contributed by atoms with van der Waals surface area (Å²) in [6, 6.07) is 14.7. The highest BCUT2D eigenvalue weighted by Gasteiger charge is 2.24. The molecule has 0 aromatic heterocycles. The average molecular weight is 345 g/mol. The first-order valence-corrected chi connectivity index (χ1v) is 8.18. The van der Waals surface area contributed by atoms with Gasteiger partial charge in [0, 0.05) is 23.3 Å². The summed E-state index contributed by atoms with van der Waals surface area (Å²) >= 11 is 6.05. The van der Waals surface area contributed by atoms with Crippen molar-refractivity contribution < 1.29 is 9.59 Å². The number of hydrogen-bond acceptors (Lipinski definition) is 2. The van der Waals surface area contributed by atoms with Crippen LogP contribution in [0.25, 0.3) is 0 Å². The molecule has 5 heteroatoms. The fourth-order valence-electron chi connectivity index (χ4n) is 2.25. The molecule has 0 spiro atoms. The molecule has 0 heterocycles. The zero-order chi connectivity index (χ0) is 17.7. The number of carbonyl (C=O) groups excluding carboxylic acids is 2. The summed E-state index contributed by atoms with van der Waals surface area (Å²) in [4.78, 5) is 26.4. The van der Waals surface area contributed by atoms with E-state index in [-0.39, 0.29) is 6.04 Å². The molecule has 0 saturated carbocycles. The van der Waals surface area contributed by atoms with Gasteiger partial charge in [-0.1, -0.05) is 48.0 Å². The number of amides is 2. The summed E-state index contributed by atoms with van der Waals surface area (Å²) in [6.07, 6.45) is 0. The van der Waals surface area contributed by atoms with E-state index in [1.807, 2.05) is 51.1 Å². The molecule has 2 aromatic rings. The molecule has 2 rings (SSSR count). The van der Waals surface area contributed by atoms with Gasteiger partial charge >= 0.3 is 11.8 Å². The van der Waals surface area contributed by atoms with E-state index in [1.165, 1.54) is 0 Å². The molecule has 0 aliphatic carbocycles. The van der Waals surface area contributed by atoms with E-state index in [2.05, 4.69) is 5.32 Å². The Morgan fingerprint density at radius 3 is 2.38 bits per heavy atom. The van der Waals surface area contributed by atoms with E-state index >= 15 is 0 Å². The largest absolute Gasteiger partial charge is 0.328 e. The van der Waals surface area contributed by atoms with E-state index < -0.39 is 11.8 Å². The van der Waals surface area contributed by atoms with Gasteiger partial charge in [0.1, 0.15) is 0 Å². The number of hydrogen-bond donors (Lipinski definition) is 1. The molecule has 2 amide bonds. The predicted molar refractivity (Wildman–Crippen MR) is 96.9 cm³/mol. The van der Waals surface area contributed by atoms with Crippen LogP contribution in [0.1, 0.15) is 25.0 Å². The molecule has 0 saturated heterocycles. The van der Waals surface area contributed by atoms with Crippen LogP contribution in [0.2, 0.25) is 5.02 Å². The van der Waals surface area contributed by atoms with Crippen LogP contribution in [-0.4, -0.2) is 22.8 Å². The number of aryl methyl sites for hydroxylation is 1. The van der Waals surface area contributed by atoms with E-state index in [4.69, 9.17) is 11.6 Å². The molecule has 0 aliphatic rings. The van der Waals surface area contributed by atoms with Gasteiger partial charge in [-0.15, -0.1) is 0 Å². The van der Waals surface area contributed by atoms with Gasteiger partial charge < -0.3 is 10.2 Å². The predicted octanol–water partition coefficient (Wildman–Crippen LogP) is 4.02. The van der Waals surface area contributed by atoms with Gasteiger partial charge in [0.2, 0.25) is 0 Å². The summed E-state index contributed by atoms with van der Waals surface area (Å²) in [5.41, 5.74) is 2.40. The third-order valence-electron chi connectivity index (χ3n) is 3.70. The first-order valence-electron chi connectivity index (χ1n) is 7.80. The summed E-state index contributed by atoms with van der Waals surface area (Å²) < 4.78 is 0. The van der Waals surface area contributed by atoms with Crippen molar-refractivity contribution in [2.75, 3.05) is 5.32 Å². The number of rotatable bonds is 4. The monoisotopic (exact) mass is 344 g/mol. The Balaban J connectivity index is 2.10. The summed E-state index contributed by atoms with van der Waals surface area (Å²) in [6.45, 7) is 6.03. The lowest BCUT2D eigenvalue weighted by atomic mass is 10.2. The van der Waals surface area contributed by atoms with Crippen molar-refractivity contribution in [2.45, 2.75) is 33.4 Å². The standard InChI is InChI=1S/C19H21ClN2O2/c1-13(2)22(12-15-7-5-4-6-8-15)19(24)18(23)21-16-10-9-14(3)17(20)11-16/h4-11,13H,12H2,1-3H3,(H,21,23). The molecule has 24 heavy (non-hydrogen) atoms. The molecule has 0 atom stereocenters. The number of nitrogens with one attached hydrogen (secondary N) is 1. The summed E-state index contributed by atoms with van der Waals surface area (Å²) in [5.74, 6) is -1.23. The zero-order valence-corrected chi connectivity index (χ0v) is 14.8. The fraction of sp³-hybridized carbons (Fsp3) is 0.263. The van der Waals surface area contributed by atoms with Crippen molar-refractivity contribution in [3.8, 4) is 0 Å². The molecular weight excluding hydrogens is 324 g/mol. The SMILES string of the molecule is Cc1ccc(NC(=O)C(=O)N(Cc2ccccc2)C(C)C)cc1Cl. The molecule has 2 aromatic carbocycles. The highest BCUT2D eigenvalue weighted by Crippen LogP contribution is 2.20. The topological polar surface area (TPSA) is 49.4 Å². The maximum absolute atomic E-state index is 12.5. The Bertz CT molecular complexity index is 729. The molecule has 0 bridgehead atoms. The molecule has 1 N–H and O–H groups in total. The van der Waals surface area contributed by atoms with Gasteiger partial charge in [-0.3, -0.25) is 9.59 Å². The number of halogens is 1. The molecule has 126 valence electrons. The quantitative estimate of drug-likeness (QED) is 0.851. The molecular formula is C19H21ClN2O2. The van der Waals surface area contributed by atoms with Crippen molar-refractivity contribution in [3.05, 3.63) is 64.7 Å². The zero-order valence-electron chi connectivity index (χ0n) is 14.0. The lowest BCUT2D eigenvalue weighted by Crippen LogP contribution is -2.43. The average Bonchev–Trinajstić information content (AvgIpc) is 2.56. The Hall–Kier alpha value is -2.33. The molecule has 0 unspecified atom stereocenters. The Labute approximate surface area is 147 Å². The lowest BCUT2D eigenvalue weighted by Gasteiger charge is -2.26. The Morgan fingerprint density at radius 1 is 1.12 bits per heavy atom. The van der Waals surface area contributed by atoms with Gasteiger partial charge in [0.25, 0.3) is 0 Å². The molecule has 4 nitrogen and oxygen atoms in total.